The lowest BCUT2D eigenvalue weighted by Gasteiger charge is -2.09. The van der Waals surface area contributed by atoms with Crippen LogP contribution in [0.3, 0.4) is 0 Å². The minimum Gasteiger partial charge on any atom is -0.480 e. The van der Waals surface area contributed by atoms with E-state index in [4.69, 9.17) is 5.11 Å². The molecule has 0 saturated heterocycles. The molecule has 0 aliphatic heterocycles. The molecule has 8 nitrogen and oxygen atoms in total. The molecule has 1 heterocycles. The highest BCUT2D eigenvalue weighted by Crippen LogP contribution is 2.28. The van der Waals surface area contributed by atoms with Gasteiger partial charge in [0.1, 0.15) is 6.54 Å². The number of carboxylic acid groups (broad SMARTS) is 1. The smallest absolute Gasteiger partial charge is 0.325 e. The summed E-state index contributed by atoms with van der Waals surface area (Å²) in [7, 11) is 0. The fourth-order valence-electron chi connectivity index (χ4n) is 2.74. The van der Waals surface area contributed by atoms with Crippen LogP contribution in [0, 0.1) is 5.92 Å². The first-order chi connectivity index (χ1) is 11.0. The van der Waals surface area contributed by atoms with Crippen molar-refractivity contribution in [2.24, 2.45) is 5.92 Å². The molecular formula is C15H22N4O4. The summed E-state index contributed by atoms with van der Waals surface area (Å²) in [6.45, 7) is -0.386. The van der Waals surface area contributed by atoms with Crippen LogP contribution in [0.1, 0.15) is 38.5 Å². The zero-order chi connectivity index (χ0) is 16.7. The number of carbonyl (C=O) groups excluding carboxylic acids is 2. The third kappa shape index (κ3) is 6.09. The molecule has 1 aromatic rings. The lowest BCUT2D eigenvalue weighted by Crippen LogP contribution is -2.33. The molecule has 1 aliphatic carbocycles. The number of hydrogen-bond acceptors (Lipinski definition) is 4. The van der Waals surface area contributed by atoms with E-state index in [2.05, 4.69) is 15.7 Å². The number of nitrogens with one attached hydrogen (secondary N) is 2. The average molecular weight is 322 g/mol. The number of amides is 2. The van der Waals surface area contributed by atoms with Gasteiger partial charge in [0, 0.05) is 18.7 Å². The molecule has 0 atom stereocenters. The Balaban J connectivity index is 1.64. The third-order valence-corrected chi connectivity index (χ3v) is 3.91. The number of aliphatic carboxylic acids is 1. The van der Waals surface area contributed by atoms with Crippen molar-refractivity contribution in [2.75, 3.05) is 11.9 Å². The second kappa shape index (κ2) is 8.30. The van der Waals surface area contributed by atoms with Gasteiger partial charge in [0.25, 0.3) is 0 Å². The fraction of sp³-hybridized carbons (Fsp3) is 0.600. The van der Waals surface area contributed by atoms with Crippen molar-refractivity contribution in [3.05, 3.63) is 12.3 Å². The predicted molar refractivity (Wildman–Crippen MR) is 82.7 cm³/mol. The minimum absolute atomic E-state index is 0.116. The number of rotatable bonds is 8. The number of nitrogens with zero attached hydrogens (tertiary/aromatic N) is 2. The van der Waals surface area contributed by atoms with Crippen LogP contribution in [-0.2, 0) is 20.9 Å². The molecule has 0 spiro atoms. The first-order valence-corrected chi connectivity index (χ1v) is 7.84. The molecule has 126 valence electrons. The van der Waals surface area contributed by atoms with Crippen LogP contribution in [0.25, 0.3) is 0 Å². The first-order valence-electron chi connectivity index (χ1n) is 7.84. The van der Waals surface area contributed by atoms with Crippen molar-refractivity contribution >= 4 is 23.6 Å². The molecule has 23 heavy (non-hydrogen) atoms. The molecule has 1 aliphatic rings. The Bertz CT molecular complexity index is 564. The van der Waals surface area contributed by atoms with Crippen LogP contribution in [0.2, 0.25) is 0 Å². The number of hydrogen-bond donors (Lipinski definition) is 3. The monoisotopic (exact) mass is 322 g/mol. The van der Waals surface area contributed by atoms with Crippen molar-refractivity contribution in [3.8, 4) is 0 Å². The summed E-state index contributed by atoms with van der Waals surface area (Å²) in [5, 5.41) is 17.6. The maximum absolute atomic E-state index is 11.7. The van der Waals surface area contributed by atoms with E-state index in [-0.39, 0.29) is 30.7 Å². The first kappa shape index (κ1) is 17.0. The van der Waals surface area contributed by atoms with Gasteiger partial charge in [-0.25, -0.2) is 0 Å². The van der Waals surface area contributed by atoms with Gasteiger partial charge in [-0.15, -0.1) is 0 Å². The van der Waals surface area contributed by atoms with E-state index in [0.29, 0.717) is 12.3 Å². The molecule has 1 saturated carbocycles. The SMILES string of the molecule is O=C(O)Cn1ccc(NC(=O)CNC(=O)CCC2CCCC2)n1. The molecule has 1 fully saturated rings. The van der Waals surface area contributed by atoms with Crippen LogP contribution in [-0.4, -0.2) is 39.2 Å². The zero-order valence-corrected chi connectivity index (χ0v) is 13.0. The maximum atomic E-state index is 11.7. The van der Waals surface area contributed by atoms with E-state index in [9.17, 15) is 14.4 Å². The summed E-state index contributed by atoms with van der Waals surface area (Å²) < 4.78 is 1.21. The standard InChI is InChI=1S/C15H22N4O4/c20-13(6-5-11-3-1-2-4-11)16-9-14(21)17-12-7-8-19(18-12)10-15(22)23/h7-8,11H,1-6,9-10H2,(H,16,20)(H,22,23)(H,17,18,21). The zero-order valence-electron chi connectivity index (χ0n) is 13.0. The van der Waals surface area contributed by atoms with Gasteiger partial charge < -0.3 is 15.7 Å². The summed E-state index contributed by atoms with van der Waals surface area (Å²) in [6.07, 6.45) is 7.70. The topological polar surface area (TPSA) is 113 Å². The molecule has 2 amide bonds. The van der Waals surface area contributed by atoms with Crippen LogP contribution < -0.4 is 10.6 Å². The molecule has 0 aromatic carbocycles. The van der Waals surface area contributed by atoms with E-state index >= 15 is 0 Å². The van der Waals surface area contributed by atoms with Gasteiger partial charge >= 0.3 is 5.97 Å². The Morgan fingerprint density at radius 3 is 2.70 bits per heavy atom. The molecule has 8 heteroatoms. The van der Waals surface area contributed by atoms with E-state index < -0.39 is 5.97 Å². The highest BCUT2D eigenvalue weighted by molar-refractivity contribution is 5.93. The Labute approximate surface area is 134 Å². The van der Waals surface area contributed by atoms with E-state index in [1.54, 1.807) is 0 Å². The highest BCUT2D eigenvalue weighted by Gasteiger charge is 2.16. The molecule has 0 radical (unpaired) electrons. The fourth-order valence-corrected chi connectivity index (χ4v) is 2.74. The number of aromatic nitrogens is 2. The summed E-state index contributed by atoms with van der Waals surface area (Å²) in [6, 6.07) is 1.50. The van der Waals surface area contributed by atoms with Crippen molar-refractivity contribution in [2.45, 2.75) is 45.1 Å². The van der Waals surface area contributed by atoms with Crippen LogP contribution in [0.5, 0.6) is 0 Å². The summed E-state index contributed by atoms with van der Waals surface area (Å²) in [5.74, 6) is -0.618. The average Bonchev–Trinajstić information content (AvgIpc) is 3.14. The lowest BCUT2D eigenvalue weighted by atomic mass is 10.0. The third-order valence-electron chi connectivity index (χ3n) is 3.91. The molecule has 0 unspecified atom stereocenters. The summed E-state index contributed by atoms with van der Waals surface area (Å²) >= 11 is 0. The molecule has 3 N–H and O–H groups in total. The van der Waals surface area contributed by atoms with Gasteiger partial charge in [-0.1, -0.05) is 25.7 Å². The van der Waals surface area contributed by atoms with Crippen molar-refractivity contribution < 1.29 is 19.5 Å². The quantitative estimate of drug-likeness (QED) is 0.660. The van der Waals surface area contributed by atoms with Crippen molar-refractivity contribution in [3.63, 3.8) is 0 Å². The van der Waals surface area contributed by atoms with Gasteiger partial charge in [0.2, 0.25) is 11.8 Å². The van der Waals surface area contributed by atoms with Gasteiger partial charge in [-0.05, 0) is 12.3 Å². The van der Waals surface area contributed by atoms with E-state index in [1.807, 2.05) is 0 Å². The Morgan fingerprint density at radius 2 is 2.00 bits per heavy atom. The van der Waals surface area contributed by atoms with Crippen LogP contribution in [0.15, 0.2) is 12.3 Å². The molecule has 1 aromatic heterocycles. The largest absolute Gasteiger partial charge is 0.480 e. The molecular weight excluding hydrogens is 300 g/mol. The summed E-state index contributed by atoms with van der Waals surface area (Å²) in [5.41, 5.74) is 0. The summed E-state index contributed by atoms with van der Waals surface area (Å²) in [4.78, 5) is 34.0. The number of anilines is 1. The Morgan fingerprint density at radius 1 is 1.26 bits per heavy atom. The molecule has 0 bridgehead atoms. The minimum atomic E-state index is -1.01. The van der Waals surface area contributed by atoms with Gasteiger partial charge in [0.05, 0.1) is 6.54 Å². The van der Waals surface area contributed by atoms with Gasteiger partial charge in [-0.3, -0.25) is 19.1 Å². The van der Waals surface area contributed by atoms with Crippen LogP contribution >= 0.6 is 0 Å². The highest BCUT2D eigenvalue weighted by atomic mass is 16.4. The van der Waals surface area contributed by atoms with Crippen LogP contribution in [0.4, 0.5) is 5.82 Å². The maximum Gasteiger partial charge on any atom is 0.325 e. The number of carbonyl (C=O) groups is 3. The lowest BCUT2D eigenvalue weighted by molar-refractivity contribution is -0.137. The predicted octanol–water partition coefficient (Wildman–Crippen LogP) is 0.993. The second-order valence-electron chi connectivity index (χ2n) is 5.81. The van der Waals surface area contributed by atoms with Gasteiger partial charge in [-0.2, -0.15) is 5.10 Å². The Kier molecular flexibility index (Phi) is 6.13. The van der Waals surface area contributed by atoms with E-state index in [0.717, 1.165) is 6.42 Å². The Hall–Kier alpha value is -2.38. The number of carboxylic acids is 1. The second-order valence-corrected chi connectivity index (χ2v) is 5.81. The van der Waals surface area contributed by atoms with E-state index in [1.165, 1.54) is 42.6 Å². The molecule has 2 rings (SSSR count). The van der Waals surface area contributed by atoms with Gasteiger partial charge in [0.15, 0.2) is 5.82 Å². The van der Waals surface area contributed by atoms with Crippen molar-refractivity contribution in [1.82, 2.24) is 15.1 Å². The van der Waals surface area contributed by atoms with Crippen molar-refractivity contribution in [1.29, 1.82) is 0 Å². The normalized spacial score (nSPS) is 14.6.